The lowest BCUT2D eigenvalue weighted by Crippen LogP contribution is -2.45. The molecule has 150 valence electrons. The molecule has 0 N–H and O–H groups in total. The van der Waals surface area contributed by atoms with E-state index < -0.39 is 0 Å². The van der Waals surface area contributed by atoms with Gasteiger partial charge in [-0.05, 0) is 30.7 Å². The van der Waals surface area contributed by atoms with Crippen molar-refractivity contribution >= 4 is 0 Å². The Morgan fingerprint density at radius 1 is 1.03 bits per heavy atom. The van der Waals surface area contributed by atoms with Crippen molar-refractivity contribution in [3.63, 3.8) is 0 Å². The Bertz CT molecular complexity index is 1210. The second kappa shape index (κ2) is 6.43. The molecule has 0 radical (unpaired) electrons. The molecule has 0 saturated heterocycles. The third-order valence-corrected chi connectivity index (χ3v) is 7.33. The van der Waals surface area contributed by atoms with Crippen LogP contribution in [0.3, 0.4) is 0 Å². The highest BCUT2D eigenvalue weighted by Crippen LogP contribution is 2.56. The van der Waals surface area contributed by atoms with Crippen LogP contribution in [-0.4, -0.2) is 14.9 Å². The Balaban J connectivity index is 1.54. The fraction of sp³-hybridized carbons (Fsp3) is 0.308. The predicted molar refractivity (Wildman–Crippen MR) is 116 cm³/mol. The molecule has 4 aromatic rings. The molecule has 0 unspecified atom stereocenters. The van der Waals surface area contributed by atoms with Crippen LogP contribution in [0.15, 0.2) is 71.4 Å². The van der Waals surface area contributed by atoms with E-state index in [9.17, 15) is 0 Å². The average molecular weight is 396 g/mol. The number of fused-ring (bicyclic) bond motifs is 4. The zero-order chi connectivity index (χ0) is 20.3. The molecule has 0 fully saturated rings. The number of nitrogens with zero attached hydrogens (tertiary/aromatic N) is 3. The molecule has 0 spiro atoms. The van der Waals surface area contributed by atoms with Gasteiger partial charge in [0.05, 0.1) is 17.6 Å². The van der Waals surface area contributed by atoms with E-state index in [1.165, 1.54) is 33.6 Å². The van der Waals surface area contributed by atoms with Gasteiger partial charge in [0.25, 0.3) is 0 Å². The zero-order valence-electron chi connectivity index (χ0n) is 17.4. The van der Waals surface area contributed by atoms with E-state index in [-0.39, 0.29) is 11.3 Å². The summed E-state index contributed by atoms with van der Waals surface area (Å²) in [6.07, 6.45) is 5.01. The molecule has 0 aliphatic heterocycles. The normalized spacial score (nSPS) is 24.7. The maximum atomic E-state index is 5.83. The number of hydrogen-bond acceptors (Lipinski definition) is 3. The topological polar surface area (TPSA) is 43.9 Å². The first-order valence-electron chi connectivity index (χ1n) is 10.8. The van der Waals surface area contributed by atoms with Crippen LogP contribution in [0.4, 0.5) is 0 Å². The number of rotatable bonds is 2. The minimum Gasteiger partial charge on any atom is -0.360 e. The average Bonchev–Trinajstić information content (AvgIpc) is 3.36. The Morgan fingerprint density at radius 3 is 2.53 bits per heavy atom. The molecule has 30 heavy (non-hydrogen) atoms. The molecule has 3 atom stereocenters. The van der Waals surface area contributed by atoms with Gasteiger partial charge in [0.2, 0.25) is 0 Å². The fourth-order valence-corrected chi connectivity index (χ4v) is 6.04. The fourth-order valence-electron chi connectivity index (χ4n) is 6.04. The van der Waals surface area contributed by atoms with Gasteiger partial charge in [-0.3, -0.25) is 4.68 Å². The molecule has 0 saturated carbocycles. The standard InChI is InChI=1S/C26H25N3O/c1-26-15-19-16-27-30-24(19)22(17-9-5-3-6-10-17)21(26)14-13-20-23(29(2)28-25(20)26)18-11-7-4-8-12-18/h3-12,16,21-22H,13-15H2,1-2H3/t21-,22-,26-/m0/s1. The quantitative estimate of drug-likeness (QED) is 0.464. The maximum absolute atomic E-state index is 5.83. The van der Waals surface area contributed by atoms with Gasteiger partial charge >= 0.3 is 0 Å². The summed E-state index contributed by atoms with van der Waals surface area (Å²) in [6.45, 7) is 2.41. The minimum atomic E-state index is -0.0442. The van der Waals surface area contributed by atoms with E-state index in [4.69, 9.17) is 9.62 Å². The number of aromatic nitrogens is 3. The van der Waals surface area contributed by atoms with Gasteiger partial charge in [-0.2, -0.15) is 5.10 Å². The van der Waals surface area contributed by atoms with E-state index >= 15 is 0 Å². The molecule has 4 heteroatoms. The van der Waals surface area contributed by atoms with Gasteiger partial charge in [0.15, 0.2) is 0 Å². The molecule has 2 aliphatic rings. The van der Waals surface area contributed by atoms with Gasteiger partial charge < -0.3 is 4.52 Å². The maximum Gasteiger partial charge on any atom is 0.147 e. The minimum absolute atomic E-state index is 0.0442. The monoisotopic (exact) mass is 395 g/mol. The van der Waals surface area contributed by atoms with E-state index in [1.807, 2.05) is 6.20 Å². The third kappa shape index (κ3) is 2.40. The highest BCUT2D eigenvalue weighted by Gasteiger charge is 2.52. The molecular weight excluding hydrogens is 370 g/mol. The van der Waals surface area contributed by atoms with Crippen LogP contribution in [0.1, 0.15) is 47.4 Å². The van der Waals surface area contributed by atoms with Gasteiger partial charge in [0, 0.05) is 35.1 Å². The molecule has 6 rings (SSSR count). The van der Waals surface area contributed by atoms with Crippen molar-refractivity contribution in [3.8, 4) is 11.3 Å². The predicted octanol–water partition coefficient (Wildman–Crippen LogP) is 5.28. The van der Waals surface area contributed by atoms with Gasteiger partial charge in [-0.1, -0.05) is 72.7 Å². The summed E-state index contributed by atoms with van der Waals surface area (Å²) in [4.78, 5) is 0. The number of hydrogen-bond donors (Lipinski definition) is 0. The van der Waals surface area contributed by atoms with Crippen molar-refractivity contribution in [1.82, 2.24) is 14.9 Å². The first-order valence-corrected chi connectivity index (χ1v) is 10.8. The van der Waals surface area contributed by atoms with Crippen molar-refractivity contribution in [1.29, 1.82) is 0 Å². The summed E-state index contributed by atoms with van der Waals surface area (Å²) in [5, 5.41) is 9.33. The van der Waals surface area contributed by atoms with Crippen molar-refractivity contribution < 1.29 is 4.52 Å². The molecule has 0 amide bonds. The Labute approximate surface area is 176 Å². The summed E-state index contributed by atoms with van der Waals surface area (Å²) in [7, 11) is 2.08. The van der Waals surface area contributed by atoms with Crippen LogP contribution in [0.25, 0.3) is 11.3 Å². The van der Waals surface area contributed by atoms with Gasteiger partial charge in [0.1, 0.15) is 5.76 Å². The summed E-state index contributed by atoms with van der Waals surface area (Å²) in [5.41, 5.74) is 7.67. The molecule has 2 aliphatic carbocycles. The molecule has 4 nitrogen and oxygen atoms in total. The second-order valence-corrected chi connectivity index (χ2v) is 9.01. The number of aryl methyl sites for hydroxylation is 1. The van der Waals surface area contributed by atoms with Crippen molar-refractivity contribution in [2.75, 3.05) is 0 Å². The molecule has 2 aromatic heterocycles. The van der Waals surface area contributed by atoms with Gasteiger partial charge in [-0.15, -0.1) is 0 Å². The van der Waals surface area contributed by atoms with Crippen LogP contribution in [0.2, 0.25) is 0 Å². The van der Waals surface area contributed by atoms with Gasteiger partial charge in [-0.25, -0.2) is 0 Å². The first-order chi connectivity index (χ1) is 14.7. The lowest BCUT2D eigenvalue weighted by molar-refractivity contribution is 0.181. The molecule has 2 aromatic carbocycles. The Kier molecular flexibility index (Phi) is 3.79. The summed E-state index contributed by atoms with van der Waals surface area (Å²) >= 11 is 0. The molecule has 2 heterocycles. The van der Waals surface area contributed by atoms with E-state index in [1.54, 1.807) is 0 Å². The van der Waals surface area contributed by atoms with Crippen molar-refractivity contribution in [2.24, 2.45) is 13.0 Å². The van der Waals surface area contributed by atoms with Crippen LogP contribution in [-0.2, 0) is 25.3 Å². The summed E-state index contributed by atoms with van der Waals surface area (Å²) < 4.78 is 7.92. The third-order valence-electron chi connectivity index (χ3n) is 7.33. The Morgan fingerprint density at radius 2 is 1.77 bits per heavy atom. The van der Waals surface area contributed by atoms with Crippen LogP contribution >= 0.6 is 0 Å². The van der Waals surface area contributed by atoms with Crippen LogP contribution in [0, 0.1) is 5.92 Å². The molecular formula is C26H25N3O. The highest BCUT2D eigenvalue weighted by molar-refractivity contribution is 5.66. The number of benzene rings is 2. The zero-order valence-corrected chi connectivity index (χ0v) is 17.4. The van der Waals surface area contributed by atoms with Crippen LogP contribution < -0.4 is 0 Å². The SMILES string of the molecule is Cn1nc2c(c1-c1ccccc1)CC[C@H]1[C@H](c3ccccc3)c3oncc3C[C@]21C. The lowest BCUT2D eigenvalue weighted by atomic mass is 9.55. The first kappa shape index (κ1) is 17.7. The smallest absolute Gasteiger partial charge is 0.147 e. The van der Waals surface area contributed by atoms with E-state index in [0.717, 1.165) is 25.0 Å². The lowest BCUT2D eigenvalue weighted by Gasteiger charge is -2.47. The summed E-state index contributed by atoms with van der Waals surface area (Å²) in [5.74, 6) is 1.70. The Hall–Kier alpha value is -3.14. The highest BCUT2D eigenvalue weighted by atomic mass is 16.5. The van der Waals surface area contributed by atoms with E-state index in [0.29, 0.717) is 5.92 Å². The van der Waals surface area contributed by atoms with Crippen molar-refractivity contribution in [2.45, 2.75) is 37.5 Å². The van der Waals surface area contributed by atoms with Crippen LogP contribution in [0.5, 0.6) is 0 Å². The second-order valence-electron chi connectivity index (χ2n) is 9.01. The van der Waals surface area contributed by atoms with E-state index in [2.05, 4.69) is 84.5 Å². The largest absolute Gasteiger partial charge is 0.360 e. The summed E-state index contributed by atoms with van der Waals surface area (Å²) in [6, 6.07) is 21.5. The van der Waals surface area contributed by atoms with Crippen molar-refractivity contribution in [3.05, 3.63) is 95.0 Å². The molecule has 0 bridgehead atoms.